The van der Waals surface area contributed by atoms with Crippen LogP contribution < -0.4 is 5.32 Å². The topological polar surface area (TPSA) is 75.6 Å². The van der Waals surface area contributed by atoms with Crippen LogP contribution in [0.3, 0.4) is 0 Å². The summed E-state index contributed by atoms with van der Waals surface area (Å²) in [6.07, 6.45) is 1.97. The molecular weight excluding hydrogens is 290 g/mol. The highest BCUT2D eigenvalue weighted by molar-refractivity contribution is 7.14. The molecule has 1 aromatic heterocycles. The largest absolute Gasteiger partial charge is 0.481 e. The maximum absolute atomic E-state index is 12.4. The van der Waals surface area contributed by atoms with E-state index in [0.717, 1.165) is 12.0 Å². The zero-order valence-electron chi connectivity index (χ0n) is 12.4. The van der Waals surface area contributed by atoms with Crippen molar-refractivity contribution in [1.29, 1.82) is 0 Å². The minimum Gasteiger partial charge on any atom is -0.481 e. The summed E-state index contributed by atoms with van der Waals surface area (Å²) in [6, 6.07) is 1.87. The number of amides is 1. The summed E-state index contributed by atoms with van der Waals surface area (Å²) in [5, 5.41) is 12.0. The minimum absolute atomic E-state index is 0.0556. The molecule has 116 valence electrons. The number of fused-ring (bicyclic) bond motifs is 1. The van der Waals surface area contributed by atoms with Crippen LogP contribution >= 0.6 is 11.3 Å². The summed E-state index contributed by atoms with van der Waals surface area (Å²) in [5.74, 6) is -1.07. The molecule has 0 unspecified atom stereocenters. The first kappa shape index (κ1) is 16.0. The fraction of sp³-hybridized carbons (Fsp3) is 0.600. The third kappa shape index (κ3) is 3.63. The number of ether oxygens (including phenoxy) is 1. The Hall–Kier alpha value is -1.40. The van der Waals surface area contributed by atoms with Crippen LogP contribution in [0.5, 0.6) is 0 Å². The zero-order valence-corrected chi connectivity index (χ0v) is 13.2. The number of rotatable bonds is 6. The predicted octanol–water partition coefficient (Wildman–Crippen LogP) is 2.58. The molecule has 1 aliphatic heterocycles. The van der Waals surface area contributed by atoms with Gasteiger partial charge >= 0.3 is 5.97 Å². The number of carbonyl (C=O) groups excluding carboxylic acids is 1. The van der Waals surface area contributed by atoms with Crippen LogP contribution in [0.15, 0.2) is 6.07 Å². The molecule has 0 aromatic carbocycles. The highest BCUT2D eigenvalue weighted by atomic mass is 32.1. The number of carboxylic acids is 1. The first-order chi connectivity index (χ1) is 9.99. The average molecular weight is 311 g/mol. The van der Waals surface area contributed by atoms with Gasteiger partial charge in [-0.05, 0) is 24.5 Å². The highest BCUT2D eigenvalue weighted by Crippen LogP contribution is 2.28. The van der Waals surface area contributed by atoms with E-state index in [-0.39, 0.29) is 12.3 Å². The Labute approximate surface area is 128 Å². The smallest absolute Gasteiger partial charge is 0.305 e. The number of nitrogens with one attached hydrogen (secondary N) is 1. The summed E-state index contributed by atoms with van der Waals surface area (Å²) in [6.45, 7) is 5.06. The third-order valence-electron chi connectivity index (χ3n) is 4.07. The molecule has 0 bridgehead atoms. The molecule has 5 nitrogen and oxygen atoms in total. The lowest BCUT2D eigenvalue weighted by Gasteiger charge is -2.31. The molecule has 2 rings (SSSR count). The van der Waals surface area contributed by atoms with Gasteiger partial charge in [0.25, 0.3) is 5.91 Å². The number of hydrogen-bond acceptors (Lipinski definition) is 4. The normalized spacial score (nSPS) is 14.6. The van der Waals surface area contributed by atoms with Crippen LogP contribution in [0.25, 0.3) is 0 Å². The Kier molecular flexibility index (Phi) is 5.00. The summed E-state index contributed by atoms with van der Waals surface area (Å²) in [7, 11) is 0. The van der Waals surface area contributed by atoms with Gasteiger partial charge in [0.05, 0.1) is 30.1 Å². The Morgan fingerprint density at radius 2 is 2.14 bits per heavy atom. The van der Waals surface area contributed by atoms with Crippen molar-refractivity contribution in [2.45, 2.75) is 51.7 Å². The molecule has 0 radical (unpaired) electrons. The van der Waals surface area contributed by atoms with Crippen LogP contribution in [-0.2, 0) is 22.6 Å². The van der Waals surface area contributed by atoms with E-state index in [4.69, 9.17) is 9.84 Å². The lowest BCUT2D eigenvalue weighted by molar-refractivity contribution is -0.138. The first-order valence-corrected chi connectivity index (χ1v) is 8.05. The van der Waals surface area contributed by atoms with E-state index in [0.29, 0.717) is 30.9 Å². The number of carboxylic acid groups (broad SMARTS) is 1. The van der Waals surface area contributed by atoms with E-state index in [9.17, 15) is 9.59 Å². The van der Waals surface area contributed by atoms with Gasteiger partial charge < -0.3 is 15.2 Å². The number of thiophene rings is 1. The molecule has 21 heavy (non-hydrogen) atoms. The molecule has 0 atom stereocenters. The molecule has 0 fully saturated rings. The van der Waals surface area contributed by atoms with Gasteiger partial charge in [-0.15, -0.1) is 11.3 Å². The quantitative estimate of drug-likeness (QED) is 0.846. The SMILES string of the molecule is CCC(CC)(CC(=O)O)NC(=O)c1cc2c(s1)CCOC2. The fourth-order valence-electron chi connectivity index (χ4n) is 2.57. The maximum Gasteiger partial charge on any atom is 0.305 e. The van der Waals surface area contributed by atoms with Crippen molar-refractivity contribution in [2.75, 3.05) is 6.61 Å². The molecule has 0 saturated heterocycles. The summed E-state index contributed by atoms with van der Waals surface area (Å²) >= 11 is 1.48. The molecule has 2 heterocycles. The van der Waals surface area contributed by atoms with Crippen molar-refractivity contribution >= 4 is 23.2 Å². The predicted molar refractivity (Wildman–Crippen MR) is 80.7 cm³/mol. The van der Waals surface area contributed by atoms with E-state index in [1.807, 2.05) is 19.9 Å². The number of hydrogen-bond donors (Lipinski definition) is 2. The van der Waals surface area contributed by atoms with Crippen molar-refractivity contribution in [3.05, 3.63) is 21.4 Å². The van der Waals surface area contributed by atoms with Crippen molar-refractivity contribution in [2.24, 2.45) is 0 Å². The van der Waals surface area contributed by atoms with Gasteiger partial charge in [0.15, 0.2) is 0 Å². The standard InChI is InChI=1S/C15H21NO4S/c1-3-15(4-2,8-13(17)18)16-14(19)12-7-10-9-20-6-5-11(10)21-12/h7H,3-6,8-9H2,1-2H3,(H,16,19)(H,17,18). The van der Waals surface area contributed by atoms with Crippen molar-refractivity contribution < 1.29 is 19.4 Å². The second kappa shape index (κ2) is 6.58. The lowest BCUT2D eigenvalue weighted by Crippen LogP contribution is -2.48. The van der Waals surface area contributed by atoms with Gasteiger partial charge in [-0.2, -0.15) is 0 Å². The van der Waals surface area contributed by atoms with Gasteiger partial charge in [0.1, 0.15) is 0 Å². The lowest BCUT2D eigenvalue weighted by atomic mass is 9.89. The van der Waals surface area contributed by atoms with Crippen LogP contribution in [0.2, 0.25) is 0 Å². The summed E-state index contributed by atoms with van der Waals surface area (Å²) in [5.41, 5.74) is 0.400. The van der Waals surface area contributed by atoms with Gasteiger partial charge in [0, 0.05) is 11.3 Å². The summed E-state index contributed by atoms with van der Waals surface area (Å²) < 4.78 is 5.38. The first-order valence-electron chi connectivity index (χ1n) is 7.23. The molecule has 0 spiro atoms. The van der Waals surface area contributed by atoms with E-state index in [1.165, 1.54) is 16.2 Å². The molecule has 1 aliphatic rings. The Balaban J connectivity index is 2.15. The molecule has 0 saturated carbocycles. The van der Waals surface area contributed by atoms with Crippen LogP contribution in [0, 0.1) is 0 Å². The third-order valence-corrected chi connectivity index (χ3v) is 5.31. The molecule has 1 amide bonds. The van der Waals surface area contributed by atoms with Gasteiger partial charge in [-0.3, -0.25) is 9.59 Å². The monoisotopic (exact) mass is 311 g/mol. The van der Waals surface area contributed by atoms with E-state index >= 15 is 0 Å². The van der Waals surface area contributed by atoms with Crippen molar-refractivity contribution in [1.82, 2.24) is 5.32 Å². The average Bonchev–Trinajstić information content (AvgIpc) is 2.90. The van der Waals surface area contributed by atoms with E-state index in [1.54, 1.807) is 0 Å². The number of carbonyl (C=O) groups is 2. The second-order valence-corrected chi connectivity index (χ2v) is 6.51. The molecule has 6 heteroatoms. The molecule has 2 N–H and O–H groups in total. The van der Waals surface area contributed by atoms with Crippen LogP contribution in [0.1, 0.15) is 53.2 Å². The Bertz CT molecular complexity index is 510. The van der Waals surface area contributed by atoms with Crippen LogP contribution in [-0.4, -0.2) is 29.1 Å². The molecule has 0 aliphatic carbocycles. The maximum atomic E-state index is 12.4. The Morgan fingerprint density at radius 3 is 2.71 bits per heavy atom. The van der Waals surface area contributed by atoms with Crippen molar-refractivity contribution in [3.8, 4) is 0 Å². The summed E-state index contributed by atoms with van der Waals surface area (Å²) in [4.78, 5) is 25.3. The fourth-order valence-corrected chi connectivity index (χ4v) is 3.62. The number of aliphatic carboxylic acids is 1. The molecule has 1 aromatic rings. The van der Waals surface area contributed by atoms with Crippen molar-refractivity contribution in [3.63, 3.8) is 0 Å². The van der Waals surface area contributed by atoms with E-state index < -0.39 is 11.5 Å². The van der Waals surface area contributed by atoms with Crippen LogP contribution in [0.4, 0.5) is 0 Å². The van der Waals surface area contributed by atoms with Gasteiger partial charge in [-0.1, -0.05) is 13.8 Å². The Morgan fingerprint density at radius 1 is 1.43 bits per heavy atom. The van der Waals surface area contributed by atoms with E-state index in [2.05, 4.69) is 5.32 Å². The van der Waals surface area contributed by atoms with Gasteiger partial charge in [0.2, 0.25) is 0 Å². The van der Waals surface area contributed by atoms with Gasteiger partial charge in [-0.25, -0.2) is 0 Å². The second-order valence-electron chi connectivity index (χ2n) is 5.37. The highest BCUT2D eigenvalue weighted by Gasteiger charge is 2.32. The minimum atomic E-state index is -0.891. The zero-order chi connectivity index (χ0) is 15.5. The molecular formula is C15H21NO4S.